The van der Waals surface area contributed by atoms with Crippen LogP contribution >= 0.6 is 11.6 Å². The van der Waals surface area contributed by atoms with E-state index < -0.39 is 0 Å². The summed E-state index contributed by atoms with van der Waals surface area (Å²) >= 11 is 5.99. The molecule has 170 valence electrons. The molecular formula is C27H28ClN3O2. The Balaban J connectivity index is 1.33. The summed E-state index contributed by atoms with van der Waals surface area (Å²) in [5, 5.41) is 3.53. The Labute approximate surface area is 199 Å². The van der Waals surface area contributed by atoms with Crippen LogP contribution < -0.4 is 10.1 Å². The van der Waals surface area contributed by atoms with E-state index in [9.17, 15) is 4.79 Å². The van der Waals surface area contributed by atoms with Gasteiger partial charge in [-0.05, 0) is 62.2 Å². The lowest BCUT2D eigenvalue weighted by Crippen LogP contribution is -2.26. The van der Waals surface area contributed by atoms with Crippen LogP contribution in [-0.4, -0.2) is 28.6 Å². The molecule has 4 aromatic rings. The van der Waals surface area contributed by atoms with Gasteiger partial charge in [-0.25, -0.2) is 4.98 Å². The second-order valence-corrected chi connectivity index (χ2v) is 8.49. The molecule has 0 aliphatic heterocycles. The lowest BCUT2D eigenvalue weighted by Gasteiger charge is -2.11. The number of rotatable bonds is 10. The van der Waals surface area contributed by atoms with E-state index >= 15 is 0 Å². The quantitative estimate of drug-likeness (QED) is 0.302. The van der Waals surface area contributed by atoms with Crippen molar-refractivity contribution in [2.45, 2.75) is 32.7 Å². The number of fused-ring (bicyclic) bond motifs is 1. The second-order valence-electron chi connectivity index (χ2n) is 8.05. The number of hydrogen-bond acceptors (Lipinski definition) is 3. The maximum Gasteiger partial charge on any atom is 0.251 e. The predicted molar refractivity (Wildman–Crippen MR) is 133 cm³/mol. The molecule has 6 heteroatoms. The van der Waals surface area contributed by atoms with Crippen molar-refractivity contribution >= 4 is 28.5 Å². The lowest BCUT2D eigenvalue weighted by molar-refractivity contribution is 0.0954. The highest BCUT2D eigenvalue weighted by atomic mass is 35.5. The minimum absolute atomic E-state index is 0.131. The number of ether oxygens (including phenoxy) is 1. The summed E-state index contributed by atoms with van der Waals surface area (Å²) in [6, 6.07) is 23.3. The van der Waals surface area contributed by atoms with E-state index in [1.165, 1.54) is 5.56 Å². The summed E-state index contributed by atoms with van der Waals surface area (Å²) in [7, 11) is 0. The topological polar surface area (TPSA) is 56.1 Å². The van der Waals surface area contributed by atoms with Gasteiger partial charge in [-0.2, -0.15) is 0 Å². The number of hydrogen-bond donors (Lipinski definition) is 1. The largest absolute Gasteiger partial charge is 0.494 e. The Hall–Kier alpha value is -3.31. The van der Waals surface area contributed by atoms with Gasteiger partial charge in [0, 0.05) is 30.1 Å². The Morgan fingerprint density at radius 2 is 1.85 bits per heavy atom. The van der Waals surface area contributed by atoms with Crippen LogP contribution in [0.1, 0.15) is 34.6 Å². The number of carbonyl (C=O) groups excluding carboxylic acids is 1. The van der Waals surface area contributed by atoms with Gasteiger partial charge in [-0.15, -0.1) is 0 Å². The van der Waals surface area contributed by atoms with Crippen LogP contribution in [0.15, 0.2) is 72.8 Å². The van der Waals surface area contributed by atoms with Gasteiger partial charge in [-0.1, -0.05) is 47.5 Å². The Morgan fingerprint density at radius 1 is 1.03 bits per heavy atom. The van der Waals surface area contributed by atoms with Gasteiger partial charge in [0.25, 0.3) is 5.91 Å². The highest BCUT2D eigenvalue weighted by molar-refractivity contribution is 6.30. The maximum atomic E-state index is 12.4. The lowest BCUT2D eigenvalue weighted by atomic mass is 10.2. The zero-order valence-corrected chi connectivity index (χ0v) is 19.5. The van der Waals surface area contributed by atoms with Gasteiger partial charge in [-0.3, -0.25) is 4.79 Å². The van der Waals surface area contributed by atoms with E-state index in [1.807, 2.05) is 30.3 Å². The van der Waals surface area contributed by atoms with Gasteiger partial charge in [0.15, 0.2) is 0 Å². The summed E-state index contributed by atoms with van der Waals surface area (Å²) < 4.78 is 8.11. The third kappa shape index (κ3) is 6.14. The van der Waals surface area contributed by atoms with Gasteiger partial charge >= 0.3 is 0 Å². The van der Waals surface area contributed by atoms with Crippen molar-refractivity contribution in [1.29, 1.82) is 0 Å². The summed E-state index contributed by atoms with van der Waals surface area (Å²) in [6.45, 7) is 4.11. The molecule has 1 heterocycles. The summed E-state index contributed by atoms with van der Waals surface area (Å²) in [5.74, 6) is 1.75. The number of nitrogens with one attached hydrogen (secondary N) is 1. The van der Waals surface area contributed by atoms with E-state index in [1.54, 1.807) is 24.3 Å². The van der Waals surface area contributed by atoms with Crippen molar-refractivity contribution in [3.63, 3.8) is 0 Å². The fourth-order valence-electron chi connectivity index (χ4n) is 3.78. The first-order valence-corrected chi connectivity index (χ1v) is 11.7. The minimum atomic E-state index is -0.131. The average molecular weight is 462 g/mol. The highest BCUT2D eigenvalue weighted by Crippen LogP contribution is 2.18. The number of benzene rings is 3. The second kappa shape index (κ2) is 11.0. The van der Waals surface area contributed by atoms with E-state index in [0.29, 0.717) is 30.2 Å². The van der Waals surface area contributed by atoms with E-state index in [4.69, 9.17) is 21.3 Å². The summed E-state index contributed by atoms with van der Waals surface area (Å²) in [5.41, 5.74) is 3.88. The first-order chi connectivity index (χ1) is 16.1. The van der Waals surface area contributed by atoms with Crippen LogP contribution in [0.3, 0.4) is 0 Å². The Morgan fingerprint density at radius 3 is 2.67 bits per heavy atom. The van der Waals surface area contributed by atoms with Gasteiger partial charge in [0.2, 0.25) is 0 Å². The number of aryl methyl sites for hydroxylation is 2. The first kappa shape index (κ1) is 22.9. The Kier molecular flexibility index (Phi) is 7.63. The van der Waals surface area contributed by atoms with Crippen molar-refractivity contribution in [3.8, 4) is 5.75 Å². The summed E-state index contributed by atoms with van der Waals surface area (Å²) in [6.07, 6.45) is 2.58. The molecule has 0 fully saturated rings. The SMILES string of the molecule is Cc1ccc(OCCCCn2c(CCNC(=O)c3cccc(Cl)c3)nc3ccccc32)cc1. The third-order valence-corrected chi connectivity index (χ3v) is 5.76. The van der Waals surface area contributed by atoms with Crippen LogP contribution in [0.25, 0.3) is 11.0 Å². The zero-order chi connectivity index (χ0) is 23.0. The first-order valence-electron chi connectivity index (χ1n) is 11.3. The fourth-order valence-corrected chi connectivity index (χ4v) is 3.97. The van der Waals surface area contributed by atoms with Gasteiger partial charge in [0.1, 0.15) is 11.6 Å². The van der Waals surface area contributed by atoms with Crippen LogP contribution in [-0.2, 0) is 13.0 Å². The van der Waals surface area contributed by atoms with Crippen LogP contribution in [0, 0.1) is 6.92 Å². The molecule has 0 atom stereocenters. The smallest absolute Gasteiger partial charge is 0.251 e. The molecule has 1 aromatic heterocycles. The van der Waals surface area contributed by atoms with Crippen molar-refractivity contribution < 1.29 is 9.53 Å². The molecule has 0 bridgehead atoms. The van der Waals surface area contributed by atoms with Gasteiger partial charge < -0.3 is 14.6 Å². The van der Waals surface area contributed by atoms with E-state index in [-0.39, 0.29) is 5.91 Å². The number of carbonyl (C=O) groups is 1. The maximum absolute atomic E-state index is 12.4. The fraction of sp³-hybridized carbons (Fsp3) is 0.259. The van der Waals surface area contributed by atoms with Crippen LogP contribution in [0.5, 0.6) is 5.75 Å². The van der Waals surface area contributed by atoms with Gasteiger partial charge in [0.05, 0.1) is 17.6 Å². The molecule has 0 spiro atoms. The molecule has 33 heavy (non-hydrogen) atoms. The molecule has 0 unspecified atom stereocenters. The summed E-state index contributed by atoms with van der Waals surface area (Å²) in [4.78, 5) is 17.2. The minimum Gasteiger partial charge on any atom is -0.494 e. The molecule has 0 saturated heterocycles. The number of nitrogens with zero attached hydrogens (tertiary/aromatic N) is 2. The van der Waals surface area contributed by atoms with Crippen molar-refractivity contribution in [2.24, 2.45) is 0 Å². The molecule has 1 N–H and O–H groups in total. The standard InChI is InChI=1S/C27H28ClN3O2/c1-20-11-13-23(14-12-20)33-18-5-4-17-31-25-10-3-2-9-24(25)30-26(31)15-16-29-27(32)21-7-6-8-22(28)19-21/h2-3,6-14,19H,4-5,15-18H2,1H3,(H,29,32). The number of aromatic nitrogens is 2. The van der Waals surface area contributed by atoms with Crippen molar-refractivity contribution in [3.05, 3.63) is 94.8 Å². The Bertz CT molecular complexity index is 1220. The number of para-hydroxylation sites is 2. The van der Waals surface area contributed by atoms with Crippen molar-refractivity contribution in [1.82, 2.24) is 14.9 Å². The molecule has 1 amide bonds. The predicted octanol–water partition coefficient (Wildman–Crippen LogP) is 5.83. The third-order valence-electron chi connectivity index (χ3n) is 5.52. The van der Waals surface area contributed by atoms with Crippen LogP contribution in [0.4, 0.5) is 0 Å². The normalized spacial score (nSPS) is 11.0. The van der Waals surface area contributed by atoms with Crippen LogP contribution in [0.2, 0.25) is 5.02 Å². The molecular weight excluding hydrogens is 434 g/mol. The number of halogens is 1. The molecule has 0 aliphatic rings. The number of imidazole rings is 1. The molecule has 0 aliphatic carbocycles. The molecule has 0 radical (unpaired) electrons. The zero-order valence-electron chi connectivity index (χ0n) is 18.8. The highest BCUT2D eigenvalue weighted by Gasteiger charge is 2.11. The number of amides is 1. The number of unbranched alkanes of at least 4 members (excludes halogenated alkanes) is 1. The van der Waals surface area contributed by atoms with E-state index in [0.717, 1.165) is 42.0 Å². The molecule has 0 saturated carbocycles. The van der Waals surface area contributed by atoms with E-state index in [2.05, 4.69) is 35.0 Å². The van der Waals surface area contributed by atoms with Crippen molar-refractivity contribution in [2.75, 3.05) is 13.2 Å². The molecule has 4 rings (SSSR count). The molecule has 3 aromatic carbocycles. The molecule has 5 nitrogen and oxygen atoms in total. The monoisotopic (exact) mass is 461 g/mol. The average Bonchev–Trinajstić information content (AvgIpc) is 3.17.